The van der Waals surface area contributed by atoms with Gasteiger partial charge >= 0.3 is 5.97 Å². The van der Waals surface area contributed by atoms with E-state index in [2.05, 4.69) is 20.8 Å². The molecule has 1 aromatic heterocycles. The van der Waals surface area contributed by atoms with E-state index in [-0.39, 0.29) is 10.6 Å². The number of anilines is 1. The van der Waals surface area contributed by atoms with Gasteiger partial charge < -0.3 is 10.4 Å². The van der Waals surface area contributed by atoms with Crippen LogP contribution in [0.5, 0.6) is 0 Å². The molecule has 2 aromatic carbocycles. The number of nitrogens with zero attached hydrogens (tertiary/aromatic N) is 4. The number of carbonyl (C=O) groups is 1. The second-order valence-corrected chi connectivity index (χ2v) is 5.67. The van der Waals surface area contributed by atoms with Crippen LogP contribution in [0.4, 0.5) is 5.69 Å². The van der Waals surface area contributed by atoms with Gasteiger partial charge in [-0.25, -0.2) is 4.79 Å². The van der Waals surface area contributed by atoms with Crippen molar-refractivity contribution >= 4 is 29.3 Å². The van der Waals surface area contributed by atoms with Crippen molar-refractivity contribution in [3.8, 4) is 5.69 Å². The van der Waals surface area contributed by atoms with Crippen molar-refractivity contribution in [3.05, 3.63) is 70.6 Å². The van der Waals surface area contributed by atoms with Gasteiger partial charge in [0.2, 0.25) is 0 Å². The van der Waals surface area contributed by atoms with Crippen molar-refractivity contribution in [1.82, 2.24) is 20.2 Å². The molecule has 0 atom stereocenters. The molecular formula is C17H14ClN5O2. The Morgan fingerprint density at radius 2 is 2.00 bits per heavy atom. The number of hydrogen-bond donors (Lipinski definition) is 2. The van der Waals surface area contributed by atoms with Crippen LogP contribution in [0.1, 0.15) is 21.7 Å². The molecule has 0 saturated carbocycles. The van der Waals surface area contributed by atoms with E-state index < -0.39 is 5.97 Å². The Morgan fingerprint density at radius 1 is 1.24 bits per heavy atom. The molecule has 0 fully saturated rings. The fourth-order valence-corrected chi connectivity index (χ4v) is 2.42. The van der Waals surface area contributed by atoms with Gasteiger partial charge in [-0.2, -0.15) is 4.68 Å². The number of carboxylic acids is 1. The highest BCUT2D eigenvalue weighted by molar-refractivity contribution is 6.33. The van der Waals surface area contributed by atoms with Crippen LogP contribution in [0.25, 0.3) is 11.8 Å². The molecule has 8 heteroatoms. The fraction of sp³-hybridized carbons (Fsp3) is 0.0588. The van der Waals surface area contributed by atoms with Crippen LogP contribution >= 0.6 is 11.6 Å². The maximum atomic E-state index is 11.0. The first-order valence-corrected chi connectivity index (χ1v) is 7.74. The van der Waals surface area contributed by atoms with E-state index >= 15 is 0 Å². The predicted octanol–water partition coefficient (Wildman–Crippen LogP) is 3.41. The van der Waals surface area contributed by atoms with Crippen molar-refractivity contribution < 1.29 is 9.90 Å². The van der Waals surface area contributed by atoms with Gasteiger partial charge in [0.25, 0.3) is 0 Å². The Balaban J connectivity index is 1.75. The second-order valence-electron chi connectivity index (χ2n) is 5.26. The van der Waals surface area contributed by atoms with Crippen molar-refractivity contribution in [1.29, 1.82) is 0 Å². The first-order chi connectivity index (χ1) is 12.0. The summed E-state index contributed by atoms with van der Waals surface area (Å²) in [6, 6.07) is 12.4. The van der Waals surface area contributed by atoms with Crippen molar-refractivity contribution in [3.63, 3.8) is 0 Å². The Morgan fingerprint density at radius 3 is 2.68 bits per heavy atom. The normalized spacial score (nSPS) is 11.0. The largest absolute Gasteiger partial charge is 0.478 e. The third kappa shape index (κ3) is 3.84. The monoisotopic (exact) mass is 355 g/mol. The molecule has 126 valence electrons. The number of carboxylic acid groups (broad SMARTS) is 1. The van der Waals surface area contributed by atoms with Crippen LogP contribution in [0.3, 0.4) is 0 Å². The van der Waals surface area contributed by atoms with Crippen LogP contribution in [0.2, 0.25) is 5.02 Å². The number of aromatic nitrogens is 4. The van der Waals surface area contributed by atoms with E-state index in [4.69, 9.17) is 16.7 Å². The molecule has 0 unspecified atom stereocenters. The van der Waals surface area contributed by atoms with Gasteiger partial charge in [-0.3, -0.25) is 0 Å². The molecule has 0 amide bonds. The highest BCUT2D eigenvalue weighted by Gasteiger charge is 2.08. The lowest BCUT2D eigenvalue weighted by atomic mass is 10.2. The SMILES string of the molecule is Cc1ccc(-n2nnnc2C=CNc2ccc(C(=O)O)c(Cl)c2)cc1. The zero-order valence-corrected chi connectivity index (χ0v) is 14.0. The summed E-state index contributed by atoms with van der Waals surface area (Å²) in [4.78, 5) is 11.0. The molecule has 1 heterocycles. The number of aryl methyl sites for hydroxylation is 1. The Kier molecular flexibility index (Phi) is 4.76. The molecule has 3 aromatic rings. The Hall–Kier alpha value is -3.19. The van der Waals surface area contributed by atoms with Gasteiger partial charge in [0.15, 0.2) is 5.82 Å². The van der Waals surface area contributed by atoms with Gasteiger partial charge in [0.1, 0.15) is 0 Å². The summed E-state index contributed by atoms with van der Waals surface area (Å²) in [7, 11) is 0. The smallest absolute Gasteiger partial charge is 0.337 e. The van der Waals surface area contributed by atoms with Gasteiger partial charge in [-0.15, -0.1) is 5.10 Å². The molecule has 0 bridgehead atoms. The maximum Gasteiger partial charge on any atom is 0.337 e. The zero-order chi connectivity index (χ0) is 17.8. The third-order valence-corrected chi connectivity index (χ3v) is 3.77. The average Bonchev–Trinajstić information content (AvgIpc) is 3.04. The lowest BCUT2D eigenvalue weighted by molar-refractivity contribution is 0.0697. The number of aromatic carboxylic acids is 1. The third-order valence-electron chi connectivity index (χ3n) is 3.45. The molecule has 0 aliphatic carbocycles. The van der Waals surface area contributed by atoms with Crippen LogP contribution in [-0.2, 0) is 0 Å². The van der Waals surface area contributed by atoms with E-state index in [0.29, 0.717) is 11.5 Å². The van der Waals surface area contributed by atoms with Crippen LogP contribution in [0.15, 0.2) is 48.7 Å². The molecule has 0 radical (unpaired) electrons. The van der Waals surface area contributed by atoms with Gasteiger partial charge in [-0.1, -0.05) is 29.3 Å². The predicted molar refractivity (Wildman–Crippen MR) is 95.0 cm³/mol. The second kappa shape index (κ2) is 7.14. The van der Waals surface area contributed by atoms with Gasteiger partial charge in [0, 0.05) is 18.0 Å². The van der Waals surface area contributed by atoms with E-state index in [1.807, 2.05) is 31.2 Å². The van der Waals surface area contributed by atoms with E-state index in [1.165, 1.54) is 12.1 Å². The Labute approximate surface area is 148 Å². The lowest BCUT2D eigenvalue weighted by Crippen LogP contribution is -2.00. The molecule has 0 aliphatic rings. The highest BCUT2D eigenvalue weighted by atomic mass is 35.5. The minimum Gasteiger partial charge on any atom is -0.478 e. The van der Waals surface area contributed by atoms with Gasteiger partial charge in [-0.05, 0) is 47.7 Å². The molecule has 3 rings (SSSR count). The number of halogens is 1. The molecule has 0 aliphatic heterocycles. The number of rotatable bonds is 5. The van der Waals surface area contributed by atoms with Crippen molar-refractivity contribution in [2.75, 3.05) is 5.32 Å². The summed E-state index contributed by atoms with van der Waals surface area (Å²) in [5.74, 6) is -0.519. The summed E-state index contributed by atoms with van der Waals surface area (Å²) < 4.78 is 1.61. The molecule has 2 N–H and O–H groups in total. The number of nitrogens with one attached hydrogen (secondary N) is 1. The number of benzene rings is 2. The fourth-order valence-electron chi connectivity index (χ4n) is 2.16. The molecule has 0 saturated heterocycles. The first-order valence-electron chi connectivity index (χ1n) is 7.36. The molecule has 25 heavy (non-hydrogen) atoms. The zero-order valence-electron chi connectivity index (χ0n) is 13.2. The standard InChI is InChI=1S/C17H14ClN5O2/c1-11-2-5-13(6-3-11)23-16(20-21-22-23)8-9-19-12-4-7-14(17(24)25)15(18)10-12/h2-10,19H,1H3,(H,24,25). The number of tetrazole rings is 1. The van der Waals surface area contributed by atoms with Crippen molar-refractivity contribution in [2.24, 2.45) is 0 Å². The maximum absolute atomic E-state index is 11.0. The van der Waals surface area contributed by atoms with Crippen molar-refractivity contribution in [2.45, 2.75) is 6.92 Å². The van der Waals surface area contributed by atoms with Crippen LogP contribution in [-0.4, -0.2) is 31.3 Å². The molecule has 0 spiro atoms. The van der Waals surface area contributed by atoms with Crippen LogP contribution < -0.4 is 5.32 Å². The van der Waals surface area contributed by atoms with E-state index in [9.17, 15) is 4.79 Å². The van der Waals surface area contributed by atoms with E-state index in [1.54, 1.807) is 23.0 Å². The molecule has 7 nitrogen and oxygen atoms in total. The summed E-state index contributed by atoms with van der Waals surface area (Å²) in [6.45, 7) is 2.01. The molecular weight excluding hydrogens is 342 g/mol. The summed E-state index contributed by atoms with van der Waals surface area (Å²) in [6.07, 6.45) is 3.36. The lowest BCUT2D eigenvalue weighted by Gasteiger charge is -2.04. The summed E-state index contributed by atoms with van der Waals surface area (Å²) in [5, 5.41) is 23.8. The Bertz CT molecular complexity index is 934. The first kappa shape index (κ1) is 16.7. The minimum absolute atomic E-state index is 0.0551. The van der Waals surface area contributed by atoms with E-state index in [0.717, 1.165) is 11.3 Å². The highest BCUT2D eigenvalue weighted by Crippen LogP contribution is 2.21. The topological polar surface area (TPSA) is 92.9 Å². The summed E-state index contributed by atoms with van der Waals surface area (Å²) in [5.41, 5.74) is 2.71. The average molecular weight is 356 g/mol. The quantitative estimate of drug-likeness (QED) is 0.728. The van der Waals surface area contributed by atoms with Gasteiger partial charge in [0.05, 0.1) is 16.3 Å². The van der Waals surface area contributed by atoms with Crippen LogP contribution in [0, 0.1) is 6.92 Å². The summed E-state index contributed by atoms with van der Waals surface area (Å²) >= 11 is 5.94. The minimum atomic E-state index is -1.07. The number of hydrogen-bond acceptors (Lipinski definition) is 5.